The van der Waals surface area contributed by atoms with Crippen LogP contribution in [0.25, 0.3) is 0 Å². The Morgan fingerprint density at radius 2 is 1.33 bits per heavy atom. The Morgan fingerprint density at radius 1 is 0.875 bits per heavy atom. The van der Waals surface area contributed by atoms with Crippen molar-refractivity contribution in [3.63, 3.8) is 0 Å². The number of aliphatic carboxylic acids is 2. The highest BCUT2D eigenvalue weighted by molar-refractivity contribution is 5.73. The summed E-state index contributed by atoms with van der Waals surface area (Å²) in [6.07, 6.45) is 0. The van der Waals surface area contributed by atoms with Gasteiger partial charge in [-0.15, -0.1) is 0 Å². The van der Waals surface area contributed by atoms with Crippen molar-refractivity contribution in [1.82, 2.24) is 15.0 Å². The Hall–Kier alpha value is -3.43. The quantitative estimate of drug-likeness (QED) is 0.472. The van der Waals surface area contributed by atoms with Crippen LogP contribution in [-0.2, 0) is 9.59 Å². The molecule has 0 saturated carbocycles. The highest BCUT2D eigenvalue weighted by Crippen LogP contribution is 2.16. The standard InChI is InChI=1S/C14H16N6O4/c1-8-2-4-9(5-3-8)17-14-19-12(15-6-10(21)22)18-13(20-14)16-7-11(23)24/h2-5H,6-7H2,1H3,(H,21,22)(H,23,24)(H3,15,16,17,18,19,20). The van der Waals surface area contributed by atoms with Gasteiger partial charge in [0.05, 0.1) is 0 Å². The minimum atomic E-state index is -1.08. The smallest absolute Gasteiger partial charge is 0.322 e. The number of anilines is 4. The highest BCUT2D eigenvalue weighted by atomic mass is 16.4. The second-order valence-corrected chi connectivity index (χ2v) is 4.79. The summed E-state index contributed by atoms with van der Waals surface area (Å²) in [4.78, 5) is 33.3. The molecule has 10 nitrogen and oxygen atoms in total. The molecule has 0 aliphatic carbocycles. The third-order valence-corrected chi connectivity index (χ3v) is 2.74. The predicted molar refractivity (Wildman–Crippen MR) is 86.5 cm³/mol. The van der Waals surface area contributed by atoms with Crippen LogP contribution in [0.15, 0.2) is 24.3 Å². The lowest BCUT2D eigenvalue weighted by Gasteiger charge is -2.10. The zero-order valence-electron chi connectivity index (χ0n) is 12.8. The molecule has 0 atom stereocenters. The van der Waals surface area contributed by atoms with Crippen LogP contribution in [0.5, 0.6) is 0 Å². The molecule has 1 aromatic carbocycles. The minimum absolute atomic E-state index is 0.00917. The van der Waals surface area contributed by atoms with E-state index in [4.69, 9.17) is 10.2 Å². The zero-order valence-corrected chi connectivity index (χ0v) is 12.8. The molecule has 0 amide bonds. The lowest BCUT2D eigenvalue weighted by molar-refractivity contribution is -0.135. The van der Waals surface area contributed by atoms with E-state index in [-0.39, 0.29) is 30.9 Å². The average Bonchev–Trinajstić information content (AvgIpc) is 2.53. The van der Waals surface area contributed by atoms with Crippen molar-refractivity contribution in [3.05, 3.63) is 29.8 Å². The third kappa shape index (κ3) is 5.40. The van der Waals surface area contributed by atoms with Gasteiger partial charge in [-0.05, 0) is 19.1 Å². The molecule has 10 heteroatoms. The number of nitrogens with zero attached hydrogens (tertiary/aromatic N) is 3. The molecule has 1 aromatic heterocycles. The zero-order chi connectivity index (χ0) is 17.5. The molecule has 2 rings (SSSR count). The molecule has 0 saturated heterocycles. The molecule has 0 fully saturated rings. The molecule has 0 bridgehead atoms. The SMILES string of the molecule is Cc1ccc(Nc2nc(NCC(=O)O)nc(NCC(=O)O)n2)cc1. The second-order valence-electron chi connectivity index (χ2n) is 4.79. The van der Waals surface area contributed by atoms with Crippen molar-refractivity contribution in [1.29, 1.82) is 0 Å². The van der Waals surface area contributed by atoms with E-state index in [9.17, 15) is 9.59 Å². The maximum absolute atomic E-state index is 10.6. The van der Waals surface area contributed by atoms with E-state index in [1.165, 1.54) is 0 Å². The summed E-state index contributed by atoms with van der Waals surface area (Å²) < 4.78 is 0. The van der Waals surface area contributed by atoms with Crippen molar-refractivity contribution in [3.8, 4) is 0 Å². The lowest BCUT2D eigenvalue weighted by atomic mass is 10.2. The van der Waals surface area contributed by atoms with Gasteiger partial charge in [-0.3, -0.25) is 9.59 Å². The normalized spacial score (nSPS) is 10.0. The van der Waals surface area contributed by atoms with Crippen LogP contribution in [-0.4, -0.2) is 50.2 Å². The molecule has 0 spiro atoms. The molecule has 24 heavy (non-hydrogen) atoms. The first-order valence-electron chi connectivity index (χ1n) is 6.93. The number of carboxylic acids is 2. The van der Waals surface area contributed by atoms with Gasteiger partial charge in [0.2, 0.25) is 17.8 Å². The number of hydrogen-bond donors (Lipinski definition) is 5. The molecule has 2 aromatic rings. The Balaban J connectivity index is 2.21. The first kappa shape index (κ1) is 16.9. The maximum atomic E-state index is 10.6. The van der Waals surface area contributed by atoms with Crippen LogP contribution in [0.3, 0.4) is 0 Å². The van der Waals surface area contributed by atoms with E-state index in [1.54, 1.807) is 0 Å². The van der Waals surface area contributed by atoms with Gasteiger partial charge in [0.25, 0.3) is 0 Å². The molecule has 0 unspecified atom stereocenters. The number of carboxylic acid groups (broad SMARTS) is 2. The highest BCUT2D eigenvalue weighted by Gasteiger charge is 2.09. The van der Waals surface area contributed by atoms with Gasteiger partial charge in [-0.2, -0.15) is 15.0 Å². The predicted octanol–water partition coefficient (Wildman–Crippen LogP) is 0.917. The van der Waals surface area contributed by atoms with Crippen LogP contribution in [0.1, 0.15) is 5.56 Å². The number of benzene rings is 1. The molecule has 0 aliphatic heterocycles. The fourth-order valence-electron chi connectivity index (χ4n) is 1.67. The van der Waals surface area contributed by atoms with Crippen LogP contribution in [0.2, 0.25) is 0 Å². The molecule has 0 aliphatic rings. The number of nitrogens with one attached hydrogen (secondary N) is 3. The van der Waals surface area contributed by atoms with Crippen molar-refractivity contribution < 1.29 is 19.8 Å². The molecular weight excluding hydrogens is 316 g/mol. The lowest BCUT2D eigenvalue weighted by Crippen LogP contribution is -2.18. The molecular formula is C14H16N6O4. The first-order valence-corrected chi connectivity index (χ1v) is 6.93. The van der Waals surface area contributed by atoms with Crippen molar-refractivity contribution in [2.24, 2.45) is 0 Å². The Bertz CT molecular complexity index is 698. The van der Waals surface area contributed by atoms with E-state index in [0.29, 0.717) is 0 Å². The first-order chi connectivity index (χ1) is 11.4. The van der Waals surface area contributed by atoms with Gasteiger partial charge in [0, 0.05) is 5.69 Å². The van der Waals surface area contributed by atoms with E-state index < -0.39 is 11.9 Å². The summed E-state index contributed by atoms with van der Waals surface area (Å²) in [7, 11) is 0. The van der Waals surface area contributed by atoms with Gasteiger partial charge in [0.1, 0.15) is 13.1 Å². The number of aryl methyl sites for hydroxylation is 1. The number of rotatable bonds is 8. The second kappa shape index (κ2) is 7.72. The number of aromatic nitrogens is 3. The number of hydrogen-bond acceptors (Lipinski definition) is 8. The van der Waals surface area contributed by atoms with Gasteiger partial charge in [0.15, 0.2) is 0 Å². The Labute approximate surface area is 137 Å². The third-order valence-electron chi connectivity index (χ3n) is 2.74. The summed E-state index contributed by atoms with van der Waals surface area (Å²) >= 11 is 0. The van der Waals surface area contributed by atoms with Gasteiger partial charge in [-0.25, -0.2) is 0 Å². The van der Waals surface area contributed by atoms with E-state index in [2.05, 4.69) is 30.9 Å². The summed E-state index contributed by atoms with van der Waals surface area (Å²) in [5, 5.41) is 25.4. The van der Waals surface area contributed by atoms with Crippen LogP contribution in [0, 0.1) is 6.92 Å². The van der Waals surface area contributed by atoms with E-state index >= 15 is 0 Å². The average molecular weight is 332 g/mol. The van der Waals surface area contributed by atoms with Crippen molar-refractivity contribution >= 4 is 35.5 Å². The Morgan fingerprint density at radius 3 is 1.79 bits per heavy atom. The van der Waals surface area contributed by atoms with Crippen LogP contribution < -0.4 is 16.0 Å². The summed E-state index contributed by atoms with van der Waals surface area (Å²) in [6, 6.07) is 7.45. The molecule has 126 valence electrons. The fourth-order valence-corrected chi connectivity index (χ4v) is 1.67. The van der Waals surface area contributed by atoms with E-state index in [0.717, 1.165) is 11.3 Å². The van der Waals surface area contributed by atoms with Crippen molar-refractivity contribution in [2.45, 2.75) is 6.92 Å². The minimum Gasteiger partial charge on any atom is -0.480 e. The maximum Gasteiger partial charge on any atom is 0.322 e. The summed E-state index contributed by atoms with van der Waals surface area (Å²) in [5.41, 5.74) is 1.81. The van der Waals surface area contributed by atoms with Gasteiger partial charge in [-0.1, -0.05) is 17.7 Å². The number of carbonyl (C=O) groups is 2. The summed E-state index contributed by atoms with van der Waals surface area (Å²) in [6.45, 7) is 1.19. The van der Waals surface area contributed by atoms with Gasteiger partial charge >= 0.3 is 11.9 Å². The topological polar surface area (TPSA) is 149 Å². The Kier molecular flexibility index (Phi) is 5.45. The monoisotopic (exact) mass is 332 g/mol. The molecule has 0 radical (unpaired) electrons. The van der Waals surface area contributed by atoms with Gasteiger partial charge < -0.3 is 26.2 Å². The van der Waals surface area contributed by atoms with Crippen LogP contribution in [0.4, 0.5) is 23.5 Å². The molecule has 1 heterocycles. The molecule has 5 N–H and O–H groups in total. The summed E-state index contributed by atoms with van der Waals surface area (Å²) in [5.74, 6) is -1.99. The largest absolute Gasteiger partial charge is 0.480 e. The van der Waals surface area contributed by atoms with E-state index in [1.807, 2.05) is 31.2 Å². The van der Waals surface area contributed by atoms with Crippen molar-refractivity contribution in [2.75, 3.05) is 29.0 Å². The van der Waals surface area contributed by atoms with Crippen LogP contribution >= 0.6 is 0 Å². The fraction of sp³-hybridized carbons (Fsp3) is 0.214.